The van der Waals surface area contributed by atoms with E-state index in [4.69, 9.17) is 0 Å². The van der Waals surface area contributed by atoms with Crippen LogP contribution >= 0.6 is 0 Å². The van der Waals surface area contributed by atoms with E-state index in [0.717, 1.165) is 24.6 Å². The van der Waals surface area contributed by atoms with Gasteiger partial charge in [0.15, 0.2) is 0 Å². The first-order chi connectivity index (χ1) is 7.97. The van der Waals surface area contributed by atoms with Gasteiger partial charge in [-0.25, -0.2) is 0 Å². The Morgan fingerprint density at radius 2 is 1.94 bits per heavy atom. The number of benzene rings is 1. The number of halogens is 3. The van der Waals surface area contributed by atoms with Gasteiger partial charge in [-0.3, -0.25) is 0 Å². The van der Waals surface area contributed by atoms with Gasteiger partial charge in [-0.1, -0.05) is 32.0 Å². The van der Waals surface area contributed by atoms with Crippen molar-refractivity contribution in [3.8, 4) is 0 Å². The highest BCUT2D eigenvalue weighted by atomic mass is 19.4. The van der Waals surface area contributed by atoms with E-state index in [1.807, 2.05) is 13.8 Å². The predicted octanol–water partition coefficient (Wildman–Crippen LogP) is 3.64. The van der Waals surface area contributed by atoms with E-state index in [1.54, 1.807) is 6.07 Å². The molecule has 0 saturated carbocycles. The quantitative estimate of drug-likeness (QED) is 0.835. The van der Waals surface area contributed by atoms with Gasteiger partial charge in [-0.05, 0) is 31.0 Å². The standard InChI is InChI=1S/C13H18F3N/c1-3-12(17-4-2)9-10-6-5-7-11(8-10)13(14,15)16/h5-8,12,17H,3-4,9H2,1-2H3. The van der Waals surface area contributed by atoms with E-state index in [0.29, 0.717) is 6.42 Å². The fraction of sp³-hybridized carbons (Fsp3) is 0.538. The second-order valence-corrected chi connectivity index (χ2v) is 4.07. The minimum Gasteiger partial charge on any atom is -0.314 e. The van der Waals surface area contributed by atoms with Crippen molar-refractivity contribution in [2.75, 3.05) is 6.54 Å². The fourth-order valence-corrected chi connectivity index (χ4v) is 1.81. The molecule has 0 spiro atoms. The molecule has 0 bridgehead atoms. The summed E-state index contributed by atoms with van der Waals surface area (Å²) in [6.45, 7) is 4.85. The zero-order chi connectivity index (χ0) is 12.9. The van der Waals surface area contributed by atoms with Crippen LogP contribution in [0.1, 0.15) is 31.4 Å². The Bertz CT molecular complexity index is 347. The molecule has 1 aromatic rings. The molecule has 1 rings (SSSR count). The lowest BCUT2D eigenvalue weighted by Crippen LogP contribution is -2.30. The summed E-state index contributed by atoms with van der Waals surface area (Å²) in [5.41, 5.74) is 0.161. The molecule has 0 aliphatic carbocycles. The Kier molecular flexibility index (Phi) is 5.00. The highest BCUT2D eigenvalue weighted by molar-refractivity contribution is 5.26. The fourth-order valence-electron chi connectivity index (χ4n) is 1.81. The minimum absolute atomic E-state index is 0.239. The molecule has 1 unspecified atom stereocenters. The lowest BCUT2D eigenvalue weighted by Gasteiger charge is -2.16. The summed E-state index contributed by atoms with van der Waals surface area (Å²) in [6, 6.07) is 5.80. The number of nitrogens with one attached hydrogen (secondary N) is 1. The maximum absolute atomic E-state index is 12.5. The Morgan fingerprint density at radius 1 is 1.24 bits per heavy atom. The van der Waals surface area contributed by atoms with E-state index < -0.39 is 11.7 Å². The zero-order valence-corrected chi connectivity index (χ0v) is 10.1. The zero-order valence-electron chi connectivity index (χ0n) is 10.1. The van der Waals surface area contributed by atoms with E-state index >= 15 is 0 Å². The topological polar surface area (TPSA) is 12.0 Å². The molecule has 4 heteroatoms. The largest absolute Gasteiger partial charge is 0.416 e. The molecule has 0 aromatic heterocycles. The van der Waals surface area contributed by atoms with Crippen molar-refractivity contribution in [1.29, 1.82) is 0 Å². The van der Waals surface area contributed by atoms with Crippen molar-refractivity contribution < 1.29 is 13.2 Å². The molecule has 1 N–H and O–H groups in total. The molecule has 96 valence electrons. The maximum atomic E-state index is 12.5. The van der Waals surface area contributed by atoms with E-state index in [2.05, 4.69) is 5.32 Å². The lowest BCUT2D eigenvalue weighted by atomic mass is 10.0. The van der Waals surface area contributed by atoms with Crippen molar-refractivity contribution in [3.05, 3.63) is 35.4 Å². The van der Waals surface area contributed by atoms with Gasteiger partial charge in [0.1, 0.15) is 0 Å². The van der Waals surface area contributed by atoms with Gasteiger partial charge >= 0.3 is 6.18 Å². The summed E-state index contributed by atoms with van der Waals surface area (Å²) in [6.07, 6.45) is -2.71. The summed E-state index contributed by atoms with van der Waals surface area (Å²) in [7, 11) is 0. The predicted molar refractivity (Wildman–Crippen MR) is 62.9 cm³/mol. The van der Waals surface area contributed by atoms with Crippen molar-refractivity contribution in [2.24, 2.45) is 0 Å². The van der Waals surface area contributed by atoms with Gasteiger partial charge in [0.25, 0.3) is 0 Å². The highest BCUT2D eigenvalue weighted by Gasteiger charge is 2.30. The smallest absolute Gasteiger partial charge is 0.314 e. The third-order valence-corrected chi connectivity index (χ3v) is 2.72. The highest BCUT2D eigenvalue weighted by Crippen LogP contribution is 2.29. The SMILES string of the molecule is CCNC(CC)Cc1cccc(C(F)(F)F)c1. The van der Waals surface area contributed by atoms with E-state index in [9.17, 15) is 13.2 Å². The maximum Gasteiger partial charge on any atom is 0.416 e. The van der Waals surface area contributed by atoms with E-state index in [1.165, 1.54) is 12.1 Å². The van der Waals surface area contributed by atoms with Crippen LogP contribution in [0.4, 0.5) is 13.2 Å². The van der Waals surface area contributed by atoms with Crippen LogP contribution in [0.25, 0.3) is 0 Å². The number of hydrogen-bond donors (Lipinski definition) is 1. The number of alkyl halides is 3. The summed E-state index contributed by atoms with van der Waals surface area (Å²) in [5.74, 6) is 0. The molecule has 0 heterocycles. The monoisotopic (exact) mass is 245 g/mol. The molecule has 0 aliphatic rings. The van der Waals surface area contributed by atoms with Gasteiger partial charge in [0.2, 0.25) is 0 Å². The number of rotatable bonds is 5. The minimum atomic E-state index is -4.25. The van der Waals surface area contributed by atoms with Gasteiger partial charge in [-0.15, -0.1) is 0 Å². The van der Waals surface area contributed by atoms with Crippen molar-refractivity contribution in [2.45, 2.75) is 38.9 Å². The Morgan fingerprint density at radius 3 is 2.47 bits per heavy atom. The first-order valence-corrected chi connectivity index (χ1v) is 5.86. The van der Waals surface area contributed by atoms with Crippen LogP contribution in [0.15, 0.2) is 24.3 Å². The molecular weight excluding hydrogens is 227 g/mol. The molecule has 0 aliphatic heterocycles. The normalized spacial score (nSPS) is 13.7. The summed E-state index contributed by atoms with van der Waals surface area (Å²) >= 11 is 0. The van der Waals surface area contributed by atoms with Crippen LogP contribution < -0.4 is 5.32 Å². The summed E-state index contributed by atoms with van der Waals surface area (Å²) in [4.78, 5) is 0. The van der Waals surface area contributed by atoms with Gasteiger partial charge in [0, 0.05) is 6.04 Å². The average Bonchev–Trinajstić information content (AvgIpc) is 2.28. The van der Waals surface area contributed by atoms with Crippen molar-refractivity contribution in [3.63, 3.8) is 0 Å². The molecule has 0 amide bonds. The molecule has 1 nitrogen and oxygen atoms in total. The number of likely N-dealkylation sites (N-methyl/N-ethyl adjacent to an activating group) is 1. The molecule has 1 atom stereocenters. The Labute approximate surface area is 100 Å². The first-order valence-electron chi connectivity index (χ1n) is 5.86. The van der Waals surface area contributed by atoms with Gasteiger partial charge in [-0.2, -0.15) is 13.2 Å². The molecule has 1 aromatic carbocycles. The second kappa shape index (κ2) is 6.05. The molecule has 0 fully saturated rings. The van der Waals surface area contributed by atoms with Crippen LogP contribution in [-0.2, 0) is 12.6 Å². The van der Waals surface area contributed by atoms with Crippen LogP contribution in [0.2, 0.25) is 0 Å². The lowest BCUT2D eigenvalue weighted by molar-refractivity contribution is -0.137. The Balaban J connectivity index is 2.78. The van der Waals surface area contributed by atoms with Crippen LogP contribution in [0.3, 0.4) is 0 Å². The van der Waals surface area contributed by atoms with Crippen molar-refractivity contribution >= 4 is 0 Å². The van der Waals surface area contributed by atoms with Crippen LogP contribution in [0.5, 0.6) is 0 Å². The van der Waals surface area contributed by atoms with Gasteiger partial charge in [0.05, 0.1) is 5.56 Å². The van der Waals surface area contributed by atoms with Crippen molar-refractivity contribution in [1.82, 2.24) is 5.32 Å². The molecular formula is C13H18F3N. The van der Waals surface area contributed by atoms with Crippen LogP contribution in [0, 0.1) is 0 Å². The third kappa shape index (κ3) is 4.38. The summed E-state index contributed by atoms with van der Waals surface area (Å²) in [5, 5.41) is 3.26. The van der Waals surface area contributed by atoms with E-state index in [-0.39, 0.29) is 6.04 Å². The van der Waals surface area contributed by atoms with Crippen LogP contribution in [-0.4, -0.2) is 12.6 Å². The number of hydrogen-bond acceptors (Lipinski definition) is 1. The molecule has 0 saturated heterocycles. The first kappa shape index (κ1) is 14.0. The Hall–Kier alpha value is -1.03. The molecule has 17 heavy (non-hydrogen) atoms. The molecule has 0 radical (unpaired) electrons. The second-order valence-electron chi connectivity index (χ2n) is 4.07. The third-order valence-electron chi connectivity index (χ3n) is 2.72. The average molecular weight is 245 g/mol. The summed E-state index contributed by atoms with van der Waals surface area (Å²) < 4.78 is 37.6. The van der Waals surface area contributed by atoms with Gasteiger partial charge < -0.3 is 5.32 Å².